The molecule has 0 radical (unpaired) electrons. The zero-order valence-electron chi connectivity index (χ0n) is 10.7. The van der Waals surface area contributed by atoms with Gasteiger partial charge in [0.1, 0.15) is 11.4 Å². The van der Waals surface area contributed by atoms with Gasteiger partial charge in [-0.2, -0.15) is 0 Å². The predicted molar refractivity (Wildman–Crippen MR) is 70.4 cm³/mol. The van der Waals surface area contributed by atoms with E-state index in [4.69, 9.17) is 4.74 Å². The van der Waals surface area contributed by atoms with Crippen LogP contribution in [0, 0.1) is 0 Å². The lowest BCUT2D eigenvalue weighted by molar-refractivity contribution is 0.0383. The first-order valence-electron chi connectivity index (χ1n) is 6.21. The van der Waals surface area contributed by atoms with E-state index in [-0.39, 0.29) is 5.75 Å². The van der Waals surface area contributed by atoms with Crippen LogP contribution >= 0.6 is 0 Å². The molecule has 0 bridgehead atoms. The van der Waals surface area contributed by atoms with E-state index >= 15 is 0 Å². The Morgan fingerprint density at radius 2 is 2.22 bits per heavy atom. The number of morpholine rings is 1. The van der Waals surface area contributed by atoms with Crippen LogP contribution in [0.1, 0.15) is 11.4 Å². The molecule has 2 rings (SSSR count). The normalized spacial score (nSPS) is 17.4. The number of rotatable bonds is 4. The first-order valence-corrected chi connectivity index (χ1v) is 6.21. The third-order valence-corrected chi connectivity index (χ3v) is 3.00. The fourth-order valence-corrected chi connectivity index (χ4v) is 1.96. The standard InChI is InChI=1S/C13H19N3O2/c1-14-10-12-13(17)3-2-11(15-12)4-5-16-6-8-18-9-7-16/h2-3,10,17H,4-9H2,1H3. The van der Waals surface area contributed by atoms with Gasteiger partial charge in [-0.3, -0.25) is 9.89 Å². The van der Waals surface area contributed by atoms with Crippen LogP contribution in [0.4, 0.5) is 0 Å². The van der Waals surface area contributed by atoms with Crippen LogP contribution < -0.4 is 0 Å². The molecule has 1 N–H and O–H groups in total. The van der Waals surface area contributed by atoms with Crippen LogP contribution in [0.2, 0.25) is 0 Å². The third-order valence-electron chi connectivity index (χ3n) is 3.00. The van der Waals surface area contributed by atoms with Crippen LogP contribution in [0.25, 0.3) is 0 Å². The van der Waals surface area contributed by atoms with Crippen molar-refractivity contribution in [3.63, 3.8) is 0 Å². The number of nitrogens with zero attached hydrogens (tertiary/aromatic N) is 3. The molecule has 0 saturated carbocycles. The molecular weight excluding hydrogens is 230 g/mol. The van der Waals surface area contributed by atoms with Gasteiger partial charge in [-0.15, -0.1) is 0 Å². The number of aliphatic imine (C=N–C) groups is 1. The number of aromatic nitrogens is 1. The molecule has 1 fully saturated rings. The van der Waals surface area contributed by atoms with Gasteiger partial charge < -0.3 is 9.84 Å². The van der Waals surface area contributed by atoms with E-state index in [2.05, 4.69) is 14.9 Å². The minimum absolute atomic E-state index is 0.177. The van der Waals surface area contributed by atoms with Crippen LogP contribution in [0.5, 0.6) is 5.75 Å². The molecule has 5 nitrogen and oxygen atoms in total. The summed E-state index contributed by atoms with van der Waals surface area (Å²) in [6, 6.07) is 3.54. The van der Waals surface area contributed by atoms with Crippen molar-refractivity contribution in [2.24, 2.45) is 4.99 Å². The van der Waals surface area contributed by atoms with Crippen LogP contribution in [0.3, 0.4) is 0 Å². The lowest BCUT2D eigenvalue weighted by atomic mass is 10.2. The van der Waals surface area contributed by atoms with Gasteiger partial charge in [-0.1, -0.05) is 0 Å². The van der Waals surface area contributed by atoms with Gasteiger partial charge >= 0.3 is 0 Å². The van der Waals surface area contributed by atoms with Crippen LogP contribution in [0.15, 0.2) is 17.1 Å². The average molecular weight is 249 g/mol. The zero-order valence-corrected chi connectivity index (χ0v) is 10.7. The maximum atomic E-state index is 9.60. The molecule has 5 heteroatoms. The predicted octanol–water partition coefficient (Wildman–Crippen LogP) is 0.711. The summed E-state index contributed by atoms with van der Waals surface area (Å²) in [5.74, 6) is 0.177. The Morgan fingerprint density at radius 1 is 1.44 bits per heavy atom. The summed E-state index contributed by atoms with van der Waals surface area (Å²) in [6.07, 6.45) is 2.46. The molecule has 0 aliphatic carbocycles. The minimum Gasteiger partial charge on any atom is -0.506 e. The quantitative estimate of drug-likeness (QED) is 0.798. The van der Waals surface area contributed by atoms with E-state index in [9.17, 15) is 5.11 Å². The Bertz CT molecular complexity index is 415. The van der Waals surface area contributed by atoms with Crippen molar-refractivity contribution in [1.82, 2.24) is 9.88 Å². The molecule has 0 atom stereocenters. The van der Waals surface area contributed by atoms with Gasteiger partial charge in [0.2, 0.25) is 0 Å². The number of pyridine rings is 1. The van der Waals surface area contributed by atoms with Gasteiger partial charge in [0.15, 0.2) is 0 Å². The van der Waals surface area contributed by atoms with Crippen LogP contribution in [-0.4, -0.2) is 61.1 Å². The van der Waals surface area contributed by atoms with E-state index in [0.717, 1.165) is 45.0 Å². The summed E-state index contributed by atoms with van der Waals surface area (Å²) in [6.45, 7) is 4.58. The Morgan fingerprint density at radius 3 is 2.94 bits per heavy atom. The molecule has 98 valence electrons. The van der Waals surface area contributed by atoms with Crippen molar-refractivity contribution in [2.75, 3.05) is 39.9 Å². The van der Waals surface area contributed by atoms with Gasteiger partial charge in [-0.25, -0.2) is 4.98 Å². The first kappa shape index (κ1) is 13.0. The SMILES string of the molecule is CN=Cc1nc(CCN2CCOCC2)ccc1O. The van der Waals surface area contributed by atoms with E-state index in [0.29, 0.717) is 5.69 Å². The second-order valence-electron chi connectivity index (χ2n) is 4.30. The first-order chi connectivity index (χ1) is 8.79. The summed E-state index contributed by atoms with van der Waals surface area (Å²) in [5, 5.41) is 9.60. The third kappa shape index (κ3) is 3.51. The van der Waals surface area contributed by atoms with E-state index in [1.165, 1.54) is 0 Å². The number of ether oxygens (including phenoxy) is 1. The largest absolute Gasteiger partial charge is 0.506 e. The fourth-order valence-electron chi connectivity index (χ4n) is 1.96. The molecule has 1 saturated heterocycles. The highest BCUT2D eigenvalue weighted by molar-refractivity contribution is 5.80. The van der Waals surface area contributed by atoms with Crippen molar-refractivity contribution >= 4 is 6.21 Å². The van der Waals surface area contributed by atoms with Crippen molar-refractivity contribution in [1.29, 1.82) is 0 Å². The van der Waals surface area contributed by atoms with E-state index < -0.39 is 0 Å². The average Bonchev–Trinajstić information content (AvgIpc) is 2.41. The van der Waals surface area contributed by atoms with Gasteiger partial charge in [0, 0.05) is 38.8 Å². The Balaban J connectivity index is 1.94. The summed E-state index contributed by atoms with van der Waals surface area (Å²) >= 11 is 0. The second-order valence-corrected chi connectivity index (χ2v) is 4.30. The van der Waals surface area contributed by atoms with E-state index in [1.54, 1.807) is 19.3 Å². The molecule has 2 heterocycles. The molecule has 1 aliphatic heterocycles. The van der Waals surface area contributed by atoms with E-state index in [1.807, 2.05) is 6.07 Å². The molecule has 1 aromatic rings. The Kier molecular flexibility index (Phi) is 4.66. The number of hydrogen-bond acceptors (Lipinski definition) is 5. The lowest BCUT2D eigenvalue weighted by Crippen LogP contribution is -2.37. The molecule has 0 spiro atoms. The van der Waals surface area contributed by atoms with Crippen molar-refractivity contribution in [2.45, 2.75) is 6.42 Å². The molecule has 1 aromatic heterocycles. The Hall–Kier alpha value is -1.46. The second kappa shape index (κ2) is 6.47. The molecule has 1 aliphatic rings. The summed E-state index contributed by atoms with van der Waals surface area (Å²) in [5.41, 5.74) is 1.52. The minimum atomic E-state index is 0.177. The topological polar surface area (TPSA) is 58.0 Å². The summed E-state index contributed by atoms with van der Waals surface area (Å²) in [4.78, 5) is 10.6. The molecule has 0 aromatic carbocycles. The maximum absolute atomic E-state index is 9.60. The van der Waals surface area contributed by atoms with Gasteiger partial charge in [0.25, 0.3) is 0 Å². The molecule has 0 amide bonds. The van der Waals surface area contributed by atoms with Gasteiger partial charge in [-0.05, 0) is 12.1 Å². The number of hydrogen-bond donors (Lipinski definition) is 1. The summed E-state index contributed by atoms with van der Waals surface area (Å²) < 4.78 is 5.31. The zero-order chi connectivity index (χ0) is 12.8. The number of aromatic hydroxyl groups is 1. The highest BCUT2D eigenvalue weighted by atomic mass is 16.5. The van der Waals surface area contributed by atoms with Crippen molar-refractivity contribution < 1.29 is 9.84 Å². The Labute approximate surface area is 107 Å². The highest BCUT2D eigenvalue weighted by Crippen LogP contribution is 2.13. The smallest absolute Gasteiger partial charge is 0.142 e. The molecule has 0 unspecified atom stereocenters. The fraction of sp³-hybridized carbons (Fsp3) is 0.538. The molecular formula is C13H19N3O2. The highest BCUT2D eigenvalue weighted by Gasteiger charge is 2.10. The molecule has 18 heavy (non-hydrogen) atoms. The maximum Gasteiger partial charge on any atom is 0.142 e. The lowest BCUT2D eigenvalue weighted by Gasteiger charge is -2.26. The monoisotopic (exact) mass is 249 g/mol. The summed E-state index contributed by atoms with van der Waals surface area (Å²) in [7, 11) is 1.67. The van der Waals surface area contributed by atoms with Crippen molar-refractivity contribution in [3.05, 3.63) is 23.5 Å². The van der Waals surface area contributed by atoms with Crippen molar-refractivity contribution in [3.8, 4) is 5.75 Å². The van der Waals surface area contributed by atoms with Gasteiger partial charge in [0.05, 0.1) is 19.4 Å². The van der Waals surface area contributed by atoms with Crippen LogP contribution in [-0.2, 0) is 11.2 Å².